The number of amides is 1. The van der Waals surface area contributed by atoms with Crippen molar-refractivity contribution in [2.24, 2.45) is 0 Å². The van der Waals surface area contributed by atoms with E-state index in [1.165, 1.54) is 5.56 Å². The molecule has 3 heterocycles. The Morgan fingerprint density at radius 1 is 1.22 bits per heavy atom. The molecule has 1 spiro atoms. The van der Waals surface area contributed by atoms with Crippen molar-refractivity contribution in [3.05, 3.63) is 46.7 Å². The van der Waals surface area contributed by atoms with Gasteiger partial charge in [-0.1, -0.05) is 12.1 Å². The highest BCUT2D eigenvalue weighted by Crippen LogP contribution is 2.29. The summed E-state index contributed by atoms with van der Waals surface area (Å²) in [5, 5.41) is 3.99. The molecule has 2 saturated heterocycles. The predicted molar refractivity (Wildman–Crippen MR) is 104 cm³/mol. The molecule has 2 aromatic rings. The fourth-order valence-electron chi connectivity index (χ4n) is 3.65. The number of morpholine rings is 1. The van der Waals surface area contributed by atoms with E-state index in [0.717, 1.165) is 31.1 Å². The quantitative estimate of drug-likeness (QED) is 0.805. The molecule has 0 bridgehead atoms. The molecule has 1 aromatic carbocycles. The maximum absolute atomic E-state index is 12.4. The molecule has 1 aromatic heterocycles. The molecule has 4 rings (SSSR count). The molecule has 144 valence electrons. The fraction of sp³-hybridized carbons (Fsp3) is 0.450. The first-order valence-electron chi connectivity index (χ1n) is 9.07. The van der Waals surface area contributed by atoms with Crippen LogP contribution in [0.15, 0.2) is 41.1 Å². The van der Waals surface area contributed by atoms with Crippen LogP contribution in [-0.4, -0.2) is 63.0 Å². The van der Waals surface area contributed by atoms with Crippen LogP contribution in [-0.2, 0) is 20.8 Å². The zero-order valence-electron chi connectivity index (χ0n) is 15.4. The average Bonchev–Trinajstić information content (AvgIpc) is 3.15. The van der Waals surface area contributed by atoms with Crippen LogP contribution >= 0.6 is 11.3 Å². The molecular weight excluding hydrogens is 364 g/mol. The van der Waals surface area contributed by atoms with E-state index in [0.29, 0.717) is 19.8 Å². The third-order valence-electron chi connectivity index (χ3n) is 5.06. The van der Waals surface area contributed by atoms with E-state index >= 15 is 0 Å². The minimum absolute atomic E-state index is 0.00461. The first kappa shape index (κ1) is 18.4. The van der Waals surface area contributed by atoms with Crippen molar-refractivity contribution in [2.75, 3.05) is 51.5 Å². The molecule has 2 fully saturated rings. The molecule has 27 heavy (non-hydrogen) atoms. The lowest BCUT2D eigenvalue weighted by atomic mass is 10.0. The molecule has 2 aliphatic rings. The number of methoxy groups -OCH3 is 1. The van der Waals surface area contributed by atoms with Crippen molar-refractivity contribution in [2.45, 2.75) is 12.1 Å². The van der Waals surface area contributed by atoms with E-state index in [1.54, 1.807) is 18.4 Å². The Morgan fingerprint density at radius 2 is 2.07 bits per heavy atom. The lowest BCUT2D eigenvalue weighted by Crippen LogP contribution is -2.60. The number of thiophene rings is 1. The van der Waals surface area contributed by atoms with Gasteiger partial charge in [-0.15, -0.1) is 0 Å². The molecule has 0 saturated carbocycles. The summed E-state index contributed by atoms with van der Waals surface area (Å²) in [7, 11) is 1.67. The van der Waals surface area contributed by atoms with Gasteiger partial charge in [-0.3, -0.25) is 9.69 Å². The van der Waals surface area contributed by atoms with Gasteiger partial charge in [0.1, 0.15) is 18.0 Å². The maximum Gasteiger partial charge on any atom is 0.253 e. The second kappa shape index (κ2) is 7.98. The first-order valence-corrected chi connectivity index (χ1v) is 10.0. The number of benzene rings is 1. The summed E-state index contributed by atoms with van der Waals surface area (Å²) < 4.78 is 17.2. The van der Waals surface area contributed by atoms with Gasteiger partial charge in [-0.2, -0.15) is 11.3 Å². The minimum Gasteiger partial charge on any atom is -0.497 e. The molecule has 2 aliphatic heterocycles. The molecule has 7 heteroatoms. The van der Waals surface area contributed by atoms with Crippen molar-refractivity contribution in [1.82, 2.24) is 4.90 Å². The van der Waals surface area contributed by atoms with Crippen molar-refractivity contribution in [3.8, 4) is 5.75 Å². The molecular formula is C20H24N2O4S. The topological polar surface area (TPSA) is 51.2 Å². The Hall–Kier alpha value is -1.93. The molecule has 0 radical (unpaired) electrons. The van der Waals surface area contributed by atoms with Crippen molar-refractivity contribution in [3.63, 3.8) is 0 Å². The number of carbonyl (C=O) groups is 1. The lowest BCUT2D eigenvalue weighted by molar-refractivity contribution is -0.146. The highest BCUT2D eigenvalue weighted by atomic mass is 32.1. The summed E-state index contributed by atoms with van der Waals surface area (Å²) in [5.41, 5.74) is 1.66. The van der Waals surface area contributed by atoms with E-state index < -0.39 is 5.60 Å². The Morgan fingerprint density at radius 3 is 2.81 bits per heavy atom. The van der Waals surface area contributed by atoms with Crippen LogP contribution in [0.4, 0.5) is 5.69 Å². The summed E-state index contributed by atoms with van der Waals surface area (Å²) in [6, 6.07) is 10.1. The van der Waals surface area contributed by atoms with Crippen LogP contribution in [0.25, 0.3) is 0 Å². The molecule has 0 unspecified atom stereocenters. The number of rotatable bonds is 4. The van der Waals surface area contributed by atoms with Crippen LogP contribution < -0.4 is 9.64 Å². The Labute approximate surface area is 163 Å². The summed E-state index contributed by atoms with van der Waals surface area (Å²) in [6.45, 7) is 4.15. The Bertz CT molecular complexity index is 765. The van der Waals surface area contributed by atoms with Gasteiger partial charge in [0.15, 0.2) is 0 Å². The predicted octanol–water partition coefficient (Wildman–Crippen LogP) is 2.39. The summed E-state index contributed by atoms with van der Waals surface area (Å²) >= 11 is 1.59. The molecule has 0 N–H and O–H groups in total. The second-order valence-electron chi connectivity index (χ2n) is 7.04. The highest BCUT2D eigenvalue weighted by molar-refractivity contribution is 7.08. The van der Waals surface area contributed by atoms with Crippen molar-refractivity contribution in [1.29, 1.82) is 0 Å². The lowest BCUT2D eigenvalue weighted by Gasteiger charge is -2.42. The van der Waals surface area contributed by atoms with Crippen molar-refractivity contribution >= 4 is 22.9 Å². The Kier molecular flexibility index (Phi) is 5.45. The molecule has 1 amide bonds. The monoisotopic (exact) mass is 388 g/mol. The molecule has 6 nitrogen and oxygen atoms in total. The van der Waals surface area contributed by atoms with Crippen LogP contribution in [0.5, 0.6) is 5.75 Å². The normalized spacial score (nSPS) is 24.2. The van der Waals surface area contributed by atoms with Gasteiger partial charge in [0.25, 0.3) is 5.91 Å². The van der Waals surface area contributed by atoms with E-state index in [-0.39, 0.29) is 12.5 Å². The van der Waals surface area contributed by atoms with Crippen LogP contribution in [0.3, 0.4) is 0 Å². The zero-order valence-corrected chi connectivity index (χ0v) is 16.2. The van der Waals surface area contributed by atoms with Crippen molar-refractivity contribution < 1.29 is 19.0 Å². The van der Waals surface area contributed by atoms with E-state index in [4.69, 9.17) is 14.2 Å². The standard InChI is InChI=1S/C20H24N2O4S/c1-24-18-4-2-16(3-5-18)10-21-7-8-25-15-20(13-21)14-22(19(23)11-26-20)17-6-9-27-12-17/h2-6,9,12H,7-8,10-11,13-15H2,1H3/t20-/m0/s1. The number of nitrogens with zero attached hydrogens (tertiary/aromatic N) is 2. The summed E-state index contributed by atoms with van der Waals surface area (Å²) in [6.07, 6.45) is 0. The highest BCUT2D eigenvalue weighted by Gasteiger charge is 2.43. The summed E-state index contributed by atoms with van der Waals surface area (Å²) in [5.74, 6) is 0.861. The van der Waals surface area contributed by atoms with Gasteiger partial charge in [0.2, 0.25) is 0 Å². The van der Waals surface area contributed by atoms with Crippen LogP contribution in [0.1, 0.15) is 5.56 Å². The third-order valence-corrected chi connectivity index (χ3v) is 5.73. The Balaban J connectivity index is 1.49. The zero-order chi connectivity index (χ0) is 18.7. The number of carbonyl (C=O) groups excluding carboxylic acids is 1. The van der Waals surface area contributed by atoms with E-state index in [9.17, 15) is 4.79 Å². The van der Waals surface area contributed by atoms with Gasteiger partial charge in [-0.05, 0) is 29.1 Å². The second-order valence-corrected chi connectivity index (χ2v) is 7.82. The fourth-order valence-corrected chi connectivity index (χ4v) is 4.29. The smallest absolute Gasteiger partial charge is 0.253 e. The van der Waals surface area contributed by atoms with Gasteiger partial charge in [0.05, 0.1) is 32.6 Å². The van der Waals surface area contributed by atoms with Gasteiger partial charge in [-0.25, -0.2) is 0 Å². The van der Waals surface area contributed by atoms with E-state index in [2.05, 4.69) is 17.0 Å². The number of ether oxygens (including phenoxy) is 3. The number of anilines is 1. The number of hydrogen-bond acceptors (Lipinski definition) is 6. The summed E-state index contributed by atoms with van der Waals surface area (Å²) in [4.78, 5) is 16.6. The van der Waals surface area contributed by atoms with Gasteiger partial charge < -0.3 is 19.1 Å². The number of hydrogen-bond donors (Lipinski definition) is 0. The van der Waals surface area contributed by atoms with Crippen LogP contribution in [0.2, 0.25) is 0 Å². The molecule has 1 atom stereocenters. The largest absolute Gasteiger partial charge is 0.497 e. The third kappa shape index (κ3) is 4.16. The first-order chi connectivity index (χ1) is 13.2. The van der Waals surface area contributed by atoms with E-state index in [1.807, 2.05) is 33.9 Å². The average molecular weight is 388 g/mol. The maximum atomic E-state index is 12.4. The van der Waals surface area contributed by atoms with Gasteiger partial charge >= 0.3 is 0 Å². The SMILES string of the molecule is COc1ccc(CN2CCOC[C@]3(C2)CN(c2ccsc2)C(=O)CO3)cc1. The van der Waals surface area contributed by atoms with Gasteiger partial charge in [0, 0.05) is 25.0 Å². The van der Waals surface area contributed by atoms with Crippen LogP contribution in [0, 0.1) is 0 Å². The minimum atomic E-state index is -0.501. The molecule has 0 aliphatic carbocycles.